The number of rotatable bonds is 5. The monoisotopic (exact) mass is 241 g/mol. The van der Waals surface area contributed by atoms with Gasteiger partial charge in [0.25, 0.3) is 0 Å². The summed E-state index contributed by atoms with van der Waals surface area (Å²) in [6.07, 6.45) is 6.49. The van der Waals surface area contributed by atoms with Gasteiger partial charge in [0.05, 0.1) is 5.92 Å². The van der Waals surface area contributed by atoms with Crippen LogP contribution in [0.25, 0.3) is 0 Å². The van der Waals surface area contributed by atoms with Crippen LogP contribution in [0.2, 0.25) is 0 Å². The highest BCUT2D eigenvalue weighted by Gasteiger charge is 2.26. The van der Waals surface area contributed by atoms with Crippen molar-refractivity contribution in [2.24, 2.45) is 11.7 Å². The van der Waals surface area contributed by atoms with Crippen molar-refractivity contribution in [3.8, 4) is 0 Å². The van der Waals surface area contributed by atoms with Crippen LogP contribution in [0.4, 0.5) is 0 Å². The van der Waals surface area contributed by atoms with E-state index in [0.717, 1.165) is 38.8 Å². The maximum Gasteiger partial charge on any atom is 0.224 e. The molecule has 17 heavy (non-hydrogen) atoms. The zero-order valence-electron chi connectivity index (χ0n) is 11.2. The van der Waals surface area contributed by atoms with Gasteiger partial charge in [0.2, 0.25) is 5.91 Å². The Kier molecular flexibility index (Phi) is 6.52. The van der Waals surface area contributed by atoms with E-state index in [4.69, 9.17) is 5.73 Å². The maximum atomic E-state index is 12.0. The van der Waals surface area contributed by atoms with Crippen LogP contribution in [0.1, 0.15) is 38.5 Å². The lowest BCUT2D eigenvalue weighted by Crippen LogP contribution is -2.41. The molecular weight excluding hydrogens is 214 g/mol. The second-order valence-electron chi connectivity index (χ2n) is 5.36. The molecule has 1 rings (SSSR count). The molecular formula is C13H27N3O. The number of nitrogens with zero attached hydrogens (tertiary/aromatic N) is 1. The van der Waals surface area contributed by atoms with Crippen LogP contribution >= 0.6 is 0 Å². The molecule has 1 fully saturated rings. The Labute approximate surface area is 105 Å². The molecule has 0 radical (unpaired) electrons. The third-order valence-corrected chi connectivity index (χ3v) is 3.49. The molecule has 0 aromatic heterocycles. The fourth-order valence-electron chi connectivity index (χ4n) is 2.40. The lowest BCUT2D eigenvalue weighted by molar-refractivity contribution is -0.125. The average molecular weight is 241 g/mol. The largest absolute Gasteiger partial charge is 0.356 e. The summed E-state index contributed by atoms with van der Waals surface area (Å²) >= 11 is 0. The quantitative estimate of drug-likeness (QED) is 0.557. The molecule has 0 bridgehead atoms. The van der Waals surface area contributed by atoms with Crippen LogP contribution in [-0.2, 0) is 4.79 Å². The third kappa shape index (κ3) is 5.50. The van der Waals surface area contributed by atoms with E-state index in [2.05, 4.69) is 10.2 Å². The topological polar surface area (TPSA) is 58.4 Å². The molecule has 1 amide bonds. The predicted molar refractivity (Wildman–Crippen MR) is 70.7 cm³/mol. The van der Waals surface area contributed by atoms with Crippen LogP contribution in [-0.4, -0.2) is 44.0 Å². The number of hydrogen-bond donors (Lipinski definition) is 2. The van der Waals surface area contributed by atoms with Gasteiger partial charge in [0.1, 0.15) is 0 Å². The Morgan fingerprint density at radius 2 is 2.00 bits per heavy atom. The molecule has 0 saturated heterocycles. The van der Waals surface area contributed by atoms with Crippen molar-refractivity contribution in [3.63, 3.8) is 0 Å². The van der Waals surface area contributed by atoms with Gasteiger partial charge in [-0.05, 0) is 39.9 Å². The summed E-state index contributed by atoms with van der Waals surface area (Å²) in [7, 11) is 4.09. The molecule has 0 heterocycles. The van der Waals surface area contributed by atoms with Crippen LogP contribution in [0.3, 0.4) is 0 Å². The van der Waals surface area contributed by atoms with Gasteiger partial charge >= 0.3 is 0 Å². The van der Waals surface area contributed by atoms with E-state index in [1.807, 2.05) is 14.1 Å². The van der Waals surface area contributed by atoms with Gasteiger partial charge in [-0.25, -0.2) is 0 Å². The fraction of sp³-hybridized carbons (Fsp3) is 0.923. The van der Waals surface area contributed by atoms with Crippen molar-refractivity contribution < 1.29 is 4.79 Å². The van der Waals surface area contributed by atoms with Gasteiger partial charge < -0.3 is 16.0 Å². The summed E-state index contributed by atoms with van der Waals surface area (Å²) in [5, 5.41) is 3.02. The van der Waals surface area contributed by atoms with Crippen molar-refractivity contribution >= 4 is 5.91 Å². The molecule has 4 nitrogen and oxygen atoms in total. The van der Waals surface area contributed by atoms with Crippen molar-refractivity contribution in [1.29, 1.82) is 0 Å². The molecule has 1 aliphatic rings. The Bertz CT molecular complexity index is 231. The van der Waals surface area contributed by atoms with E-state index >= 15 is 0 Å². The first kappa shape index (κ1) is 14.5. The van der Waals surface area contributed by atoms with Crippen molar-refractivity contribution in [3.05, 3.63) is 0 Å². The first-order valence-electron chi connectivity index (χ1n) is 6.79. The second kappa shape index (κ2) is 7.67. The summed E-state index contributed by atoms with van der Waals surface area (Å²) in [5.74, 6) is 0.204. The minimum atomic E-state index is 0.0388. The zero-order chi connectivity index (χ0) is 12.7. The maximum absolute atomic E-state index is 12.0. The fourth-order valence-corrected chi connectivity index (χ4v) is 2.40. The zero-order valence-corrected chi connectivity index (χ0v) is 11.2. The van der Waals surface area contributed by atoms with Gasteiger partial charge in [0, 0.05) is 12.6 Å². The van der Waals surface area contributed by atoms with E-state index in [1.54, 1.807) is 0 Å². The minimum Gasteiger partial charge on any atom is -0.356 e. The first-order valence-corrected chi connectivity index (χ1v) is 6.79. The molecule has 0 aliphatic heterocycles. The summed E-state index contributed by atoms with van der Waals surface area (Å²) in [6, 6.07) is 0.0614. The van der Waals surface area contributed by atoms with Crippen LogP contribution < -0.4 is 11.1 Å². The molecule has 100 valence electrons. The molecule has 0 aromatic rings. The van der Waals surface area contributed by atoms with Gasteiger partial charge in [-0.1, -0.05) is 19.3 Å². The van der Waals surface area contributed by atoms with E-state index < -0.39 is 0 Å². The lowest BCUT2D eigenvalue weighted by Gasteiger charge is -2.20. The predicted octanol–water partition coefficient (Wildman–Crippen LogP) is 0.962. The standard InChI is InChI=1S/C13H27N3O/c1-16(2)10-6-9-15-13(17)11-7-4-3-5-8-12(11)14/h11-12H,3-10,14H2,1-2H3,(H,15,17). The van der Waals surface area contributed by atoms with E-state index in [-0.39, 0.29) is 17.9 Å². The minimum absolute atomic E-state index is 0.0388. The second-order valence-corrected chi connectivity index (χ2v) is 5.36. The summed E-state index contributed by atoms with van der Waals surface area (Å²) < 4.78 is 0. The Balaban J connectivity index is 2.25. The molecule has 0 aromatic carbocycles. The van der Waals surface area contributed by atoms with Crippen molar-refractivity contribution in [2.45, 2.75) is 44.6 Å². The Hall–Kier alpha value is -0.610. The average Bonchev–Trinajstić information content (AvgIpc) is 2.48. The normalized spacial score (nSPS) is 25.6. The van der Waals surface area contributed by atoms with Crippen LogP contribution in [0, 0.1) is 5.92 Å². The SMILES string of the molecule is CN(C)CCCNC(=O)C1CCCCCC1N. The van der Waals surface area contributed by atoms with E-state index in [1.165, 1.54) is 12.8 Å². The molecule has 0 spiro atoms. The number of carbonyl (C=O) groups is 1. The molecule has 4 heteroatoms. The molecule has 3 N–H and O–H groups in total. The van der Waals surface area contributed by atoms with Crippen LogP contribution in [0.5, 0.6) is 0 Å². The first-order chi connectivity index (χ1) is 8.11. The van der Waals surface area contributed by atoms with Crippen LogP contribution in [0.15, 0.2) is 0 Å². The van der Waals surface area contributed by atoms with Crippen molar-refractivity contribution in [2.75, 3.05) is 27.2 Å². The number of nitrogens with two attached hydrogens (primary N) is 1. The summed E-state index contributed by atoms with van der Waals surface area (Å²) in [5.41, 5.74) is 6.06. The van der Waals surface area contributed by atoms with Gasteiger partial charge in [0.15, 0.2) is 0 Å². The Morgan fingerprint density at radius 3 is 2.71 bits per heavy atom. The number of nitrogens with one attached hydrogen (secondary N) is 1. The molecule has 2 atom stereocenters. The summed E-state index contributed by atoms with van der Waals surface area (Å²) in [4.78, 5) is 14.1. The highest BCUT2D eigenvalue weighted by molar-refractivity contribution is 5.79. The summed E-state index contributed by atoms with van der Waals surface area (Å²) in [6.45, 7) is 1.78. The van der Waals surface area contributed by atoms with Gasteiger partial charge in [-0.2, -0.15) is 0 Å². The lowest BCUT2D eigenvalue weighted by atomic mass is 9.94. The third-order valence-electron chi connectivity index (χ3n) is 3.49. The van der Waals surface area contributed by atoms with Gasteiger partial charge in [-0.3, -0.25) is 4.79 Å². The Morgan fingerprint density at radius 1 is 1.29 bits per heavy atom. The van der Waals surface area contributed by atoms with Gasteiger partial charge in [-0.15, -0.1) is 0 Å². The highest BCUT2D eigenvalue weighted by atomic mass is 16.1. The number of hydrogen-bond acceptors (Lipinski definition) is 3. The van der Waals surface area contributed by atoms with E-state index in [9.17, 15) is 4.79 Å². The molecule has 2 unspecified atom stereocenters. The molecule has 1 saturated carbocycles. The number of carbonyl (C=O) groups excluding carboxylic acids is 1. The van der Waals surface area contributed by atoms with E-state index in [0.29, 0.717) is 0 Å². The smallest absolute Gasteiger partial charge is 0.224 e. The van der Waals surface area contributed by atoms with Crippen molar-refractivity contribution in [1.82, 2.24) is 10.2 Å². The molecule has 1 aliphatic carbocycles. The highest BCUT2D eigenvalue weighted by Crippen LogP contribution is 2.22. The number of amides is 1.